The first-order valence-corrected chi connectivity index (χ1v) is 10.7. The SMILES string of the molecule is O=C(NCc1cccc(NC(=O)C2CC2)c1)c1nn(-c2ccc(F)c(F)c2)c2c1CCC2. The van der Waals surface area contributed by atoms with Gasteiger partial charge in [-0.3, -0.25) is 9.59 Å². The van der Waals surface area contributed by atoms with Gasteiger partial charge in [0.1, 0.15) is 0 Å². The van der Waals surface area contributed by atoms with Crippen molar-refractivity contribution in [3.05, 3.63) is 76.6 Å². The number of rotatable bonds is 6. The summed E-state index contributed by atoms with van der Waals surface area (Å²) in [7, 11) is 0. The third kappa shape index (κ3) is 4.00. The van der Waals surface area contributed by atoms with E-state index in [0.717, 1.165) is 54.6 Å². The second kappa shape index (κ2) is 8.18. The van der Waals surface area contributed by atoms with Crippen LogP contribution in [0.2, 0.25) is 0 Å². The van der Waals surface area contributed by atoms with Crippen molar-refractivity contribution >= 4 is 17.5 Å². The normalized spacial score (nSPS) is 14.8. The lowest BCUT2D eigenvalue weighted by atomic mass is 10.1. The molecule has 0 saturated heterocycles. The molecule has 1 saturated carbocycles. The summed E-state index contributed by atoms with van der Waals surface area (Å²) >= 11 is 0. The summed E-state index contributed by atoms with van der Waals surface area (Å²) in [5.74, 6) is -2.05. The number of fused-ring (bicyclic) bond motifs is 1. The Balaban J connectivity index is 1.32. The van der Waals surface area contributed by atoms with E-state index in [1.165, 1.54) is 10.7 Å². The Labute approximate surface area is 183 Å². The van der Waals surface area contributed by atoms with Gasteiger partial charge in [-0.05, 0) is 61.9 Å². The molecule has 1 aromatic heterocycles. The maximum Gasteiger partial charge on any atom is 0.272 e. The molecule has 0 bridgehead atoms. The molecule has 2 aliphatic carbocycles. The molecule has 2 amide bonds. The van der Waals surface area contributed by atoms with Crippen molar-refractivity contribution in [3.8, 4) is 5.69 Å². The lowest BCUT2D eigenvalue weighted by Crippen LogP contribution is -2.24. The topological polar surface area (TPSA) is 76.0 Å². The fourth-order valence-corrected chi connectivity index (χ4v) is 4.07. The summed E-state index contributed by atoms with van der Waals surface area (Å²) in [6.45, 7) is 0.277. The van der Waals surface area contributed by atoms with Crippen LogP contribution in [0.25, 0.3) is 5.69 Å². The second-order valence-electron chi connectivity index (χ2n) is 8.28. The minimum absolute atomic E-state index is 0.0320. The minimum atomic E-state index is -0.954. The second-order valence-corrected chi connectivity index (χ2v) is 8.28. The summed E-state index contributed by atoms with van der Waals surface area (Å²) in [4.78, 5) is 24.9. The van der Waals surface area contributed by atoms with Crippen LogP contribution in [-0.2, 0) is 24.2 Å². The highest BCUT2D eigenvalue weighted by atomic mass is 19.2. The predicted molar refractivity (Wildman–Crippen MR) is 114 cm³/mol. The molecule has 2 N–H and O–H groups in total. The van der Waals surface area contributed by atoms with E-state index in [0.29, 0.717) is 23.5 Å². The molecule has 1 fully saturated rings. The quantitative estimate of drug-likeness (QED) is 0.615. The Kier molecular flexibility index (Phi) is 5.20. The molecular formula is C24H22F2N4O2. The monoisotopic (exact) mass is 436 g/mol. The molecule has 0 spiro atoms. The van der Waals surface area contributed by atoms with Gasteiger partial charge in [0.25, 0.3) is 5.91 Å². The van der Waals surface area contributed by atoms with E-state index in [2.05, 4.69) is 15.7 Å². The van der Waals surface area contributed by atoms with Gasteiger partial charge in [0.15, 0.2) is 17.3 Å². The molecule has 32 heavy (non-hydrogen) atoms. The molecular weight excluding hydrogens is 414 g/mol. The summed E-state index contributed by atoms with van der Waals surface area (Å²) in [5.41, 5.74) is 3.95. The van der Waals surface area contributed by atoms with Crippen molar-refractivity contribution in [2.24, 2.45) is 5.92 Å². The van der Waals surface area contributed by atoms with Gasteiger partial charge in [-0.15, -0.1) is 0 Å². The van der Waals surface area contributed by atoms with Crippen LogP contribution in [0, 0.1) is 17.6 Å². The molecule has 2 aliphatic rings. The van der Waals surface area contributed by atoms with E-state index in [1.807, 2.05) is 24.3 Å². The molecule has 164 valence electrons. The van der Waals surface area contributed by atoms with Crippen LogP contribution in [0.3, 0.4) is 0 Å². The van der Waals surface area contributed by atoms with Crippen LogP contribution in [0.15, 0.2) is 42.5 Å². The molecule has 1 heterocycles. The summed E-state index contributed by atoms with van der Waals surface area (Å²) in [6, 6.07) is 11.0. The number of carbonyl (C=O) groups is 2. The van der Waals surface area contributed by atoms with Crippen LogP contribution < -0.4 is 10.6 Å². The molecule has 2 aromatic carbocycles. The zero-order chi connectivity index (χ0) is 22.2. The molecule has 0 radical (unpaired) electrons. The fourth-order valence-electron chi connectivity index (χ4n) is 4.07. The average molecular weight is 436 g/mol. The molecule has 0 aliphatic heterocycles. The number of aromatic nitrogens is 2. The summed E-state index contributed by atoms with van der Waals surface area (Å²) < 4.78 is 28.6. The largest absolute Gasteiger partial charge is 0.347 e. The number of hydrogen-bond acceptors (Lipinski definition) is 3. The summed E-state index contributed by atoms with van der Waals surface area (Å²) in [5, 5.41) is 10.2. The molecule has 0 unspecified atom stereocenters. The highest BCUT2D eigenvalue weighted by Crippen LogP contribution is 2.30. The Hall–Kier alpha value is -3.55. The zero-order valence-corrected chi connectivity index (χ0v) is 17.3. The number of benzene rings is 2. The van der Waals surface area contributed by atoms with Gasteiger partial charge in [0.05, 0.1) is 5.69 Å². The molecule has 5 rings (SSSR count). The highest BCUT2D eigenvalue weighted by molar-refractivity contribution is 5.95. The Morgan fingerprint density at radius 3 is 2.69 bits per heavy atom. The van der Waals surface area contributed by atoms with E-state index in [1.54, 1.807) is 0 Å². The van der Waals surface area contributed by atoms with Gasteiger partial charge in [0.2, 0.25) is 5.91 Å². The van der Waals surface area contributed by atoms with Crippen LogP contribution in [0.5, 0.6) is 0 Å². The van der Waals surface area contributed by atoms with E-state index in [4.69, 9.17) is 0 Å². The van der Waals surface area contributed by atoms with E-state index in [-0.39, 0.29) is 24.3 Å². The Morgan fingerprint density at radius 2 is 1.91 bits per heavy atom. The predicted octanol–water partition coefficient (Wildman–Crippen LogP) is 3.92. The molecule has 0 atom stereocenters. The number of nitrogens with one attached hydrogen (secondary N) is 2. The van der Waals surface area contributed by atoms with Gasteiger partial charge in [0, 0.05) is 35.5 Å². The van der Waals surface area contributed by atoms with Crippen LogP contribution >= 0.6 is 0 Å². The number of amides is 2. The standard InChI is InChI=1S/C24H22F2N4O2/c25-19-10-9-17(12-20(19)26)30-21-6-2-5-18(21)22(29-30)24(32)27-13-14-3-1-4-16(11-14)28-23(31)15-7-8-15/h1,3-4,9-12,15H,2,5-8,13H2,(H,27,32)(H,28,31). The number of anilines is 1. The van der Waals surface area contributed by atoms with E-state index < -0.39 is 11.6 Å². The lowest BCUT2D eigenvalue weighted by molar-refractivity contribution is -0.117. The van der Waals surface area contributed by atoms with E-state index in [9.17, 15) is 18.4 Å². The third-order valence-electron chi connectivity index (χ3n) is 5.89. The van der Waals surface area contributed by atoms with Gasteiger partial charge >= 0.3 is 0 Å². The number of halogens is 2. The Bertz CT molecular complexity index is 1220. The first-order chi connectivity index (χ1) is 15.5. The Morgan fingerprint density at radius 1 is 1.06 bits per heavy atom. The maximum absolute atomic E-state index is 13.7. The number of carbonyl (C=O) groups excluding carboxylic acids is 2. The highest BCUT2D eigenvalue weighted by Gasteiger charge is 2.30. The zero-order valence-electron chi connectivity index (χ0n) is 17.3. The number of hydrogen-bond donors (Lipinski definition) is 2. The lowest BCUT2D eigenvalue weighted by Gasteiger charge is -2.08. The maximum atomic E-state index is 13.7. The van der Waals surface area contributed by atoms with Crippen molar-refractivity contribution in [1.82, 2.24) is 15.1 Å². The first-order valence-electron chi connectivity index (χ1n) is 10.7. The van der Waals surface area contributed by atoms with Gasteiger partial charge < -0.3 is 10.6 Å². The molecule has 3 aromatic rings. The van der Waals surface area contributed by atoms with Crippen molar-refractivity contribution in [2.45, 2.75) is 38.6 Å². The molecule has 8 heteroatoms. The van der Waals surface area contributed by atoms with Crippen LogP contribution in [0.4, 0.5) is 14.5 Å². The van der Waals surface area contributed by atoms with Crippen molar-refractivity contribution in [1.29, 1.82) is 0 Å². The fraction of sp³-hybridized carbons (Fsp3) is 0.292. The molecule has 6 nitrogen and oxygen atoms in total. The smallest absolute Gasteiger partial charge is 0.272 e. The van der Waals surface area contributed by atoms with Crippen LogP contribution in [0.1, 0.15) is 46.6 Å². The van der Waals surface area contributed by atoms with E-state index >= 15 is 0 Å². The van der Waals surface area contributed by atoms with Crippen molar-refractivity contribution in [3.63, 3.8) is 0 Å². The van der Waals surface area contributed by atoms with Crippen molar-refractivity contribution in [2.75, 3.05) is 5.32 Å². The number of nitrogens with zero attached hydrogens (tertiary/aromatic N) is 2. The minimum Gasteiger partial charge on any atom is -0.347 e. The summed E-state index contributed by atoms with van der Waals surface area (Å²) in [6.07, 6.45) is 4.17. The third-order valence-corrected chi connectivity index (χ3v) is 5.89. The van der Waals surface area contributed by atoms with Gasteiger partial charge in [-0.1, -0.05) is 12.1 Å². The van der Waals surface area contributed by atoms with Crippen LogP contribution in [-0.4, -0.2) is 21.6 Å². The van der Waals surface area contributed by atoms with Gasteiger partial charge in [-0.2, -0.15) is 5.10 Å². The van der Waals surface area contributed by atoms with Crippen molar-refractivity contribution < 1.29 is 18.4 Å². The van der Waals surface area contributed by atoms with Gasteiger partial charge in [-0.25, -0.2) is 13.5 Å². The average Bonchev–Trinajstić information content (AvgIpc) is 3.42. The first kappa shape index (κ1) is 20.4.